The van der Waals surface area contributed by atoms with E-state index in [1.54, 1.807) is 25.7 Å². The minimum absolute atomic E-state index is 0. The van der Waals surface area contributed by atoms with Crippen LogP contribution in [0.4, 0.5) is 17.6 Å². The Labute approximate surface area is 335 Å². The summed E-state index contributed by atoms with van der Waals surface area (Å²) in [4.78, 5) is 28.4. The maximum absolute atomic E-state index is 13.4. The molecule has 4 fully saturated rings. The Morgan fingerprint density at radius 1 is 0.788 bits per heavy atom. The van der Waals surface area contributed by atoms with E-state index in [1.165, 1.54) is 0 Å². The molecule has 4 aliphatic rings. The second kappa shape index (κ2) is 20.1. The summed E-state index contributed by atoms with van der Waals surface area (Å²) in [6.45, 7) is 8.98. The zero-order valence-electron chi connectivity index (χ0n) is 30.6. The van der Waals surface area contributed by atoms with Gasteiger partial charge in [-0.1, -0.05) is 95.4 Å². The molecule has 0 radical (unpaired) electrons. The number of likely N-dealkylation sites (tertiary alicyclic amines) is 2. The van der Waals surface area contributed by atoms with E-state index in [2.05, 4.69) is 6.58 Å². The summed E-state index contributed by atoms with van der Waals surface area (Å²) in [5.74, 6) is -4.25. The maximum Gasteiger partial charge on any atom is 1.00 e. The van der Waals surface area contributed by atoms with Crippen molar-refractivity contribution >= 4 is 29.1 Å². The van der Waals surface area contributed by atoms with Gasteiger partial charge in [-0.25, -0.2) is 17.6 Å². The van der Waals surface area contributed by atoms with E-state index in [-0.39, 0.29) is 104 Å². The molecule has 0 spiro atoms. The summed E-state index contributed by atoms with van der Waals surface area (Å²) < 4.78 is 53.6. The largest absolute Gasteiger partial charge is 1.00 e. The molecule has 2 saturated carbocycles. The van der Waals surface area contributed by atoms with Gasteiger partial charge < -0.3 is 14.9 Å². The Hall–Kier alpha value is -1.91. The molecule has 6 rings (SSSR count). The molecular formula is C41H56ClF4N2NaO3. The number of benzene rings is 2. The van der Waals surface area contributed by atoms with Crippen molar-refractivity contribution in [3.63, 3.8) is 0 Å². The van der Waals surface area contributed by atoms with Crippen LogP contribution in [0, 0.1) is 11.8 Å². The van der Waals surface area contributed by atoms with Crippen LogP contribution >= 0.6 is 11.6 Å². The zero-order chi connectivity index (χ0) is 36.7. The van der Waals surface area contributed by atoms with Gasteiger partial charge in [-0.05, 0) is 61.5 Å². The molecule has 11 heteroatoms. The molecular weight excluding hydrogens is 703 g/mol. The molecule has 2 saturated heterocycles. The van der Waals surface area contributed by atoms with Crippen LogP contribution in [0.5, 0.6) is 0 Å². The predicted octanol–water partition coefficient (Wildman–Crippen LogP) is 7.04. The van der Waals surface area contributed by atoms with Gasteiger partial charge in [0.25, 0.3) is 0 Å². The molecule has 0 bridgehead atoms. The normalized spacial score (nSPS) is 23.6. The summed E-state index contributed by atoms with van der Waals surface area (Å²) >= 11 is 6.18. The van der Waals surface area contributed by atoms with E-state index < -0.39 is 17.4 Å². The number of hydrogen-bond donors (Lipinski definition) is 0. The van der Waals surface area contributed by atoms with Crippen LogP contribution in [0.2, 0.25) is 0 Å². The van der Waals surface area contributed by atoms with Crippen molar-refractivity contribution < 1.29 is 61.8 Å². The zero-order valence-corrected chi connectivity index (χ0v) is 33.3. The van der Waals surface area contributed by atoms with Crippen LogP contribution in [0.1, 0.15) is 122 Å². The first kappa shape index (κ1) is 46.2. The molecule has 0 N–H and O–H groups in total. The summed E-state index contributed by atoms with van der Waals surface area (Å²) in [6.07, 6.45) is 4.21. The molecule has 284 valence electrons. The maximum atomic E-state index is 13.4. The van der Waals surface area contributed by atoms with Crippen molar-refractivity contribution in [1.82, 2.24) is 9.80 Å². The second-order valence-electron chi connectivity index (χ2n) is 15.2. The minimum Gasteiger partial charge on any atom is -0.850 e. The van der Waals surface area contributed by atoms with Gasteiger partial charge in [-0.15, -0.1) is 17.2 Å². The van der Waals surface area contributed by atoms with Gasteiger partial charge in [0.15, 0.2) is 0 Å². The number of halogens is 5. The van der Waals surface area contributed by atoms with E-state index in [9.17, 15) is 32.3 Å². The van der Waals surface area contributed by atoms with Crippen LogP contribution in [0.3, 0.4) is 0 Å². The number of carbonyl (C=O) groups is 2. The van der Waals surface area contributed by atoms with Gasteiger partial charge in [0, 0.05) is 62.2 Å². The SMILES string of the molecule is C.C=C(c1ccccc1)N1C(=O)CC[C@H]1C1CCC(F)(F)CC1.CC(C)(C)[O-].O=C1CC[C@@H](C2CCC(F)(F)CC2)N1[C@@H](CCl)c1ccccc1.[Na+]. The molecule has 2 aliphatic heterocycles. The third-order valence-electron chi connectivity index (χ3n) is 10.2. The van der Waals surface area contributed by atoms with Crippen molar-refractivity contribution in [2.75, 3.05) is 5.88 Å². The fourth-order valence-electron chi connectivity index (χ4n) is 7.76. The van der Waals surface area contributed by atoms with Crippen LogP contribution in [0.15, 0.2) is 67.2 Å². The summed E-state index contributed by atoms with van der Waals surface area (Å²) in [5.41, 5.74) is 1.89. The second-order valence-corrected chi connectivity index (χ2v) is 15.5. The average Bonchev–Trinajstić information content (AvgIpc) is 3.64. The van der Waals surface area contributed by atoms with Gasteiger partial charge in [0.2, 0.25) is 23.7 Å². The fraction of sp³-hybridized carbons (Fsp3) is 0.610. The van der Waals surface area contributed by atoms with Crippen molar-refractivity contribution in [2.24, 2.45) is 11.8 Å². The molecule has 2 aromatic carbocycles. The Kier molecular flexibility index (Phi) is 17.9. The van der Waals surface area contributed by atoms with Crippen LogP contribution in [-0.2, 0) is 9.59 Å². The topological polar surface area (TPSA) is 63.7 Å². The molecule has 5 nitrogen and oxygen atoms in total. The van der Waals surface area contributed by atoms with Crippen LogP contribution in [-0.4, -0.2) is 57.0 Å². The molecule has 52 heavy (non-hydrogen) atoms. The number of carbonyl (C=O) groups excluding carboxylic acids is 2. The summed E-state index contributed by atoms with van der Waals surface area (Å²) in [6, 6.07) is 19.3. The first-order valence-corrected chi connectivity index (χ1v) is 18.5. The van der Waals surface area contributed by atoms with Crippen molar-refractivity contribution in [3.8, 4) is 0 Å². The van der Waals surface area contributed by atoms with Gasteiger partial charge >= 0.3 is 29.6 Å². The standard InChI is InChI=1S/C18H22ClF2NO.C18H21F2NO.C4H9O.CH4.Na/c19-12-16(13-4-2-1-3-5-13)22-15(6-7-17(22)23)14-8-10-18(20,21)11-9-14;1-13(14-5-3-2-4-6-14)21-16(7-8-17(21)22)15-9-11-18(19,20)12-10-15;1-4(2,3)5;;/h1-5,14-16H,6-12H2;2-6,15-16H,1,7-12H2;1-3H3;1H4;/q;;-1;;+1/t15-,16-;16-;;;/m00.../s1. The molecule has 2 aromatic rings. The van der Waals surface area contributed by atoms with Crippen LogP contribution in [0.25, 0.3) is 5.70 Å². The molecule has 0 aromatic heterocycles. The Balaban J connectivity index is 0.000000309. The number of rotatable bonds is 7. The first-order valence-electron chi connectivity index (χ1n) is 17.9. The van der Waals surface area contributed by atoms with E-state index in [1.807, 2.05) is 65.6 Å². The monoisotopic (exact) mass is 758 g/mol. The number of amides is 2. The van der Waals surface area contributed by atoms with Gasteiger partial charge in [-0.3, -0.25) is 9.59 Å². The van der Waals surface area contributed by atoms with Gasteiger partial charge in [-0.2, -0.15) is 0 Å². The van der Waals surface area contributed by atoms with Gasteiger partial charge in [0.1, 0.15) is 0 Å². The molecule has 2 heterocycles. The first-order chi connectivity index (χ1) is 23.5. The quantitative estimate of drug-likeness (QED) is 0.173. The Bertz CT molecular complexity index is 1400. The van der Waals surface area contributed by atoms with E-state index in [0.29, 0.717) is 50.1 Å². The number of hydrogen-bond acceptors (Lipinski definition) is 3. The summed E-state index contributed by atoms with van der Waals surface area (Å²) in [7, 11) is 0. The van der Waals surface area contributed by atoms with Gasteiger partial charge in [0.05, 0.1) is 6.04 Å². The minimum atomic E-state index is -2.53. The third kappa shape index (κ3) is 13.1. The van der Waals surface area contributed by atoms with E-state index in [4.69, 9.17) is 11.6 Å². The molecule has 2 aliphatic carbocycles. The number of nitrogens with zero attached hydrogens (tertiary/aromatic N) is 2. The smallest absolute Gasteiger partial charge is 0.850 e. The van der Waals surface area contributed by atoms with E-state index >= 15 is 0 Å². The number of alkyl halides is 5. The molecule has 0 unspecified atom stereocenters. The van der Waals surface area contributed by atoms with Crippen molar-refractivity contribution in [2.45, 2.75) is 141 Å². The predicted molar refractivity (Wildman–Crippen MR) is 195 cm³/mol. The van der Waals surface area contributed by atoms with E-state index in [0.717, 1.165) is 24.0 Å². The Morgan fingerprint density at radius 2 is 1.19 bits per heavy atom. The van der Waals surface area contributed by atoms with Crippen molar-refractivity contribution in [3.05, 3.63) is 78.4 Å². The third-order valence-corrected chi connectivity index (χ3v) is 10.5. The van der Waals surface area contributed by atoms with Crippen LogP contribution < -0.4 is 34.7 Å². The Morgan fingerprint density at radius 3 is 1.65 bits per heavy atom. The molecule has 3 atom stereocenters. The average molecular weight is 759 g/mol. The molecule has 2 amide bonds. The fourth-order valence-corrected chi connectivity index (χ4v) is 8.09. The van der Waals surface area contributed by atoms with Crippen molar-refractivity contribution in [1.29, 1.82) is 0 Å². The summed E-state index contributed by atoms with van der Waals surface area (Å²) in [5, 5.41) is 10.1.